The number of rotatable bonds is 1. The van der Waals surface area contributed by atoms with Crippen molar-refractivity contribution in [3.05, 3.63) is 0 Å². The molecule has 88 valence electrons. The van der Waals surface area contributed by atoms with Crippen LogP contribution in [0.25, 0.3) is 0 Å². The van der Waals surface area contributed by atoms with E-state index in [2.05, 4.69) is 0 Å². The lowest BCUT2D eigenvalue weighted by atomic mass is 10.1. The standard InChI is InChI=1S/C10H18FNO3/c1-10(2,3)15-9(14)12-4-7(6-13)8(11)5-12/h7-8,13H,4-6H2,1-3H3/t7?,8-/m0/s1. The van der Waals surface area contributed by atoms with Crippen molar-refractivity contribution >= 4 is 6.09 Å². The first-order valence-corrected chi connectivity index (χ1v) is 5.06. The van der Waals surface area contributed by atoms with Crippen molar-refractivity contribution < 1.29 is 19.0 Å². The summed E-state index contributed by atoms with van der Waals surface area (Å²) < 4.78 is 18.3. The van der Waals surface area contributed by atoms with Crippen LogP contribution in [0.3, 0.4) is 0 Å². The molecule has 1 aliphatic heterocycles. The number of aliphatic hydroxyl groups is 1. The highest BCUT2D eigenvalue weighted by Crippen LogP contribution is 2.21. The molecule has 0 aromatic heterocycles. The molecule has 1 N–H and O–H groups in total. The molecule has 0 aliphatic carbocycles. The first-order chi connectivity index (χ1) is 6.83. The SMILES string of the molecule is CC(C)(C)OC(=O)N1CC(CO)[C@@H](F)C1. The molecule has 15 heavy (non-hydrogen) atoms. The minimum absolute atomic E-state index is 0.0140. The van der Waals surface area contributed by atoms with Gasteiger partial charge >= 0.3 is 6.09 Å². The Labute approximate surface area is 89.0 Å². The van der Waals surface area contributed by atoms with Crippen LogP contribution in [0.5, 0.6) is 0 Å². The minimum atomic E-state index is -1.15. The molecule has 0 radical (unpaired) electrons. The minimum Gasteiger partial charge on any atom is -0.444 e. The van der Waals surface area contributed by atoms with Gasteiger partial charge in [0.25, 0.3) is 0 Å². The van der Waals surface area contributed by atoms with Crippen LogP contribution in [0.4, 0.5) is 9.18 Å². The summed E-state index contributed by atoms with van der Waals surface area (Å²) in [6, 6.07) is 0. The Balaban J connectivity index is 2.50. The van der Waals surface area contributed by atoms with E-state index in [1.54, 1.807) is 20.8 Å². The van der Waals surface area contributed by atoms with Gasteiger partial charge < -0.3 is 14.7 Å². The first kappa shape index (κ1) is 12.2. The van der Waals surface area contributed by atoms with E-state index in [1.807, 2.05) is 0 Å². The van der Waals surface area contributed by atoms with Gasteiger partial charge in [0, 0.05) is 12.5 Å². The van der Waals surface area contributed by atoms with E-state index in [0.29, 0.717) is 0 Å². The van der Waals surface area contributed by atoms with Crippen LogP contribution in [0.15, 0.2) is 0 Å². The maximum Gasteiger partial charge on any atom is 0.410 e. The summed E-state index contributed by atoms with van der Waals surface area (Å²) in [5.74, 6) is -0.475. The zero-order chi connectivity index (χ0) is 11.6. The molecule has 0 spiro atoms. The van der Waals surface area contributed by atoms with E-state index in [9.17, 15) is 9.18 Å². The predicted octanol–water partition coefficient (Wildman–Crippen LogP) is 1.18. The summed E-state index contributed by atoms with van der Waals surface area (Å²) >= 11 is 0. The molecule has 0 aromatic carbocycles. The summed E-state index contributed by atoms with van der Waals surface area (Å²) in [5.41, 5.74) is -0.569. The van der Waals surface area contributed by atoms with Gasteiger partial charge in [0.15, 0.2) is 0 Å². The van der Waals surface area contributed by atoms with Gasteiger partial charge in [-0.25, -0.2) is 9.18 Å². The highest BCUT2D eigenvalue weighted by Gasteiger charge is 2.36. The summed E-state index contributed by atoms with van der Waals surface area (Å²) in [6.45, 7) is 5.29. The molecule has 4 nitrogen and oxygen atoms in total. The predicted molar refractivity (Wildman–Crippen MR) is 53.3 cm³/mol. The second kappa shape index (κ2) is 4.35. The third kappa shape index (κ3) is 3.34. The monoisotopic (exact) mass is 219 g/mol. The highest BCUT2D eigenvalue weighted by molar-refractivity contribution is 5.68. The number of nitrogens with zero attached hydrogens (tertiary/aromatic N) is 1. The Bertz CT molecular complexity index is 239. The number of alkyl halides is 1. The highest BCUT2D eigenvalue weighted by atomic mass is 19.1. The summed E-state index contributed by atoms with van der Waals surface area (Å²) in [5, 5.41) is 8.85. The molecule has 1 amide bonds. The molecule has 2 atom stereocenters. The van der Waals surface area contributed by atoms with Crippen molar-refractivity contribution in [1.29, 1.82) is 0 Å². The third-order valence-corrected chi connectivity index (χ3v) is 2.25. The van der Waals surface area contributed by atoms with Gasteiger partial charge in [-0.15, -0.1) is 0 Å². The van der Waals surface area contributed by atoms with Crippen molar-refractivity contribution in [3.63, 3.8) is 0 Å². The maximum absolute atomic E-state index is 13.2. The summed E-state index contributed by atoms with van der Waals surface area (Å²) in [7, 11) is 0. The molecule has 1 aliphatic rings. The first-order valence-electron chi connectivity index (χ1n) is 5.06. The molecule has 1 rings (SSSR count). The molecule has 0 bridgehead atoms. The number of hydrogen-bond donors (Lipinski definition) is 1. The van der Waals surface area contributed by atoms with Gasteiger partial charge in [-0.2, -0.15) is 0 Å². The zero-order valence-corrected chi connectivity index (χ0v) is 9.36. The van der Waals surface area contributed by atoms with Gasteiger partial charge in [0.05, 0.1) is 13.2 Å². The fraction of sp³-hybridized carbons (Fsp3) is 0.900. The van der Waals surface area contributed by atoms with Crippen LogP contribution in [0.2, 0.25) is 0 Å². The van der Waals surface area contributed by atoms with Crippen molar-refractivity contribution in [1.82, 2.24) is 4.90 Å². The molecule has 0 saturated carbocycles. The molecule has 1 fully saturated rings. The Morgan fingerprint density at radius 2 is 2.13 bits per heavy atom. The van der Waals surface area contributed by atoms with Crippen LogP contribution < -0.4 is 0 Å². The van der Waals surface area contributed by atoms with Gasteiger partial charge in [0.2, 0.25) is 0 Å². The third-order valence-electron chi connectivity index (χ3n) is 2.25. The number of amides is 1. The van der Waals surface area contributed by atoms with Gasteiger partial charge in [-0.3, -0.25) is 0 Å². The fourth-order valence-corrected chi connectivity index (χ4v) is 1.48. The number of halogens is 1. The Kier molecular flexibility index (Phi) is 3.54. The van der Waals surface area contributed by atoms with E-state index in [-0.39, 0.29) is 19.7 Å². The summed E-state index contributed by atoms with van der Waals surface area (Å²) in [6.07, 6.45) is -1.66. The second-order valence-corrected chi connectivity index (χ2v) is 4.84. The van der Waals surface area contributed by atoms with Gasteiger partial charge in [-0.05, 0) is 20.8 Å². The smallest absolute Gasteiger partial charge is 0.410 e. The molecule has 0 aromatic rings. The lowest BCUT2D eigenvalue weighted by molar-refractivity contribution is 0.0279. The Hall–Kier alpha value is -0.840. The van der Waals surface area contributed by atoms with E-state index in [1.165, 1.54) is 4.90 Å². The van der Waals surface area contributed by atoms with Crippen LogP contribution in [-0.2, 0) is 4.74 Å². The topological polar surface area (TPSA) is 49.8 Å². The number of hydrogen-bond acceptors (Lipinski definition) is 3. The largest absolute Gasteiger partial charge is 0.444 e. The number of ether oxygens (including phenoxy) is 1. The van der Waals surface area contributed by atoms with Crippen LogP contribution in [-0.4, -0.2) is 47.6 Å². The average Bonchev–Trinajstić information content (AvgIpc) is 2.43. The van der Waals surface area contributed by atoms with E-state index in [4.69, 9.17) is 9.84 Å². The van der Waals surface area contributed by atoms with Gasteiger partial charge in [0.1, 0.15) is 11.8 Å². The lowest BCUT2D eigenvalue weighted by Gasteiger charge is -2.24. The van der Waals surface area contributed by atoms with Crippen LogP contribution in [0, 0.1) is 5.92 Å². The number of carbonyl (C=O) groups is 1. The van der Waals surface area contributed by atoms with Crippen LogP contribution in [0.1, 0.15) is 20.8 Å². The molecular weight excluding hydrogens is 201 g/mol. The number of aliphatic hydroxyl groups excluding tert-OH is 1. The quantitative estimate of drug-likeness (QED) is 0.720. The van der Waals surface area contributed by atoms with E-state index < -0.39 is 23.8 Å². The molecule has 1 saturated heterocycles. The van der Waals surface area contributed by atoms with Crippen molar-refractivity contribution in [2.75, 3.05) is 19.7 Å². The van der Waals surface area contributed by atoms with E-state index >= 15 is 0 Å². The normalized spacial score (nSPS) is 26.9. The van der Waals surface area contributed by atoms with Gasteiger partial charge in [-0.1, -0.05) is 0 Å². The van der Waals surface area contributed by atoms with Crippen molar-refractivity contribution in [2.45, 2.75) is 32.5 Å². The molecule has 1 unspecified atom stereocenters. The number of likely N-dealkylation sites (tertiary alicyclic amines) is 1. The fourth-order valence-electron chi connectivity index (χ4n) is 1.48. The summed E-state index contributed by atoms with van der Waals surface area (Å²) in [4.78, 5) is 12.8. The molecule has 5 heteroatoms. The maximum atomic E-state index is 13.2. The zero-order valence-electron chi connectivity index (χ0n) is 9.36. The lowest BCUT2D eigenvalue weighted by Crippen LogP contribution is -2.35. The van der Waals surface area contributed by atoms with Crippen molar-refractivity contribution in [2.24, 2.45) is 5.92 Å². The Morgan fingerprint density at radius 3 is 2.53 bits per heavy atom. The average molecular weight is 219 g/mol. The molecular formula is C10H18FNO3. The number of carbonyl (C=O) groups excluding carboxylic acids is 1. The second-order valence-electron chi connectivity index (χ2n) is 4.84. The van der Waals surface area contributed by atoms with Crippen molar-refractivity contribution in [3.8, 4) is 0 Å². The Morgan fingerprint density at radius 1 is 1.53 bits per heavy atom. The molecule has 1 heterocycles. The van der Waals surface area contributed by atoms with Crippen LogP contribution >= 0.6 is 0 Å². The van der Waals surface area contributed by atoms with E-state index in [0.717, 1.165) is 0 Å².